The second-order valence-corrected chi connectivity index (χ2v) is 6.24. The van der Waals surface area contributed by atoms with Crippen molar-refractivity contribution in [2.75, 3.05) is 5.73 Å². The number of nitrogens with two attached hydrogens (primary N) is 1. The molecule has 0 radical (unpaired) electrons. The molecule has 5 N–H and O–H groups in total. The number of nitrogens with one attached hydrogen (secondary N) is 1. The monoisotopic (exact) mass is 431 g/mol. The van der Waals surface area contributed by atoms with Gasteiger partial charge in [0.2, 0.25) is 10.0 Å². The number of hydrogen-bond donors (Lipinski definition) is 4. The first-order chi connectivity index (χ1) is 11.9. The molecule has 1 heterocycles. The average molecular weight is 431 g/mol. The highest BCUT2D eigenvalue weighted by molar-refractivity contribution is 7.89. The van der Waals surface area contributed by atoms with E-state index in [-0.39, 0.29) is 5.76 Å². The third-order valence-corrected chi connectivity index (χ3v) is 4.00. The van der Waals surface area contributed by atoms with Crippen LogP contribution in [-0.4, -0.2) is 54.1 Å². The second-order valence-electron chi connectivity index (χ2n) is 4.59. The Morgan fingerprint density at radius 1 is 1.22 bits per heavy atom. The molecule has 1 unspecified atom stereocenters. The lowest BCUT2D eigenvalue weighted by molar-refractivity contribution is -0.192. The molecule has 0 aromatic carbocycles. The summed E-state index contributed by atoms with van der Waals surface area (Å²) in [5.41, 5.74) is 5.21. The minimum absolute atomic E-state index is 0.272. The lowest BCUT2D eigenvalue weighted by Crippen LogP contribution is -2.43. The van der Waals surface area contributed by atoms with Gasteiger partial charge in [-0.2, -0.15) is 31.1 Å². The van der Waals surface area contributed by atoms with Crippen LogP contribution in [0, 0.1) is 6.92 Å². The van der Waals surface area contributed by atoms with Crippen LogP contribution in [0.2, 0.25) is 0 Å². The molecule has 1 aromatic rings. The van der Waals surface area contributed by atoms with E-state index in [1.165, 1.54) is 4.72 Å². The quantitative estimate of drug-likeness (QED) is 0.494. The maximum atomic E-state index is 12.2. The molecule has 0 fully saturated rings. The summed E-state index contributed by atoms with van der Waals surface area (Å²) in [6.45, 7) is 1.16. The average Bonchev–Trinajstić information content (AvgIpc) is 2.75. The first-order valence-electron chi connectivity index (χ1n) is 6.22. The molecule has 1 rings (SSSR count). The summed E-state index contributed by atoms with van der Waals surface area (Å²) in [4.78, 5) is 18.9. The van der Waals surface area contributed by atoms with Gasteiger partial charge < -0.3 is 20.5 Å². The number of nitrogen functional groups attached to an aromatic ring is 1. The molecule has 17 heteroatoms. The largest absolute Gasteiger partial charge is 0.490 e. The van der Waals surface area contributed by atoms with Gasteiger partial charge in [0.05, 0.1) is 6.42 Å². The number of aromatic nitrogens is 1. The smallest absolute Gasteiger partial charge is 0.480 e. The highest BCUT2D eigenvalue weighted by Gasteiger charge is 2.39. The topological polar surface area (TPSA) is 173 Å². The van der Waals surface area contributed by atoms with E-state index in [9.17, 15) is 39.6 Å². The third-order valence-electron chi connectivity index (χ3n) is 2.38. The molecule has 10 nitrogen and oxygen atoms in total. The first kappa shape index (κ1) is 24.4. The van der Waals surface area contributed by atoms with Gasteiger partial charge in [0, 0.05) is 0 Å². The van der Waals surface area contributed by atoms with Crippen molar-refractivity contribution in [3.05, 3.63) is 5.76 Å². The lowest BCUT2D eigenvalue weighted by Gasteiger charge is -2.16. The summed E-state index contributed by atoms with van der Waals surface area (Å²) < 4.78 is 97.8. The second kappa shape index (κ2) is 8.42. The molecule has 0 saturated heterocycles. The number of rotatable bonds is 5. The maximum absolute atomic E-state index is 12.2. The lowest BCUT2D eigenvalue weighted by atomic mass is 10.2. The first-order valence-corrected chi connectivity index (χ1v) is 7.70. The Morgan fingerprint density at radius 2 is 1.67 bits per heavy atom. The number of sulfonamides is 1. The molecule has 0 aliphatic heterocycles. The van der Waals surface area contributed by atoms with E-state index in [0.29, 0.717) is 0 Å². The predicted molar refractivity (Wildman–Crippen MR) is 71.8 cm³/mol. The van der Waals surface area contributed by atoms with Crippen LogP contribution in [-0.2, 0) is 19.6 Å². The van der Waals surface area contributed by atoms with Crippen LogP contribution >= 0.6 is 0 Å². The maximum Gasteiger partial charge on any atom is 0.490 e. The number of nitrogens with zero attached hydrogens (tertiary/aromatic N) is 1. The standard InChI is InChI=1S/C8H10F3N3O5S.C2HF3O2/c1-3-5(6(12)13-19-3)20(17,18)14-4(7(15)16)2-8(9,10)11;3-2(4,5)1(6)7/h4,14H,2H2,1H3,(H2,12,13)(H,15,16);(H,6,7). The van der Waals surface area contributed by atoms with E-state index in [1.54, 1.807) is 0 Å². The molecular weight excluding hydrogens is 420 g/mol. The number of aliphatic carboxylic acids is 2. The van der Waals surface area contributed by atoms with Crippen molar-refractivity contribution in [1.29, 1.82) is 0 Å². The number of halogens is 6. The Bertz CT molecular complexity index is 767. The van der Waals surface area contributed by atoms with E-state index in [2.05, 4.69) is 9.68 Å². The molecular formula is C10H11F6N3O7S. The predicted octanol–water partition coefficient (Wildman–Crippen LogP) is 0.882. The number of carboxylic acid groups (broad SMARTS) is 2. The van der Waals surface area contributed by atoms with Gasteiger partial charge in [0.1, 0.15) is 6.04 Å². The van der Waals surface area contributed by atoms with Gasteiger partial charge in [-0.1, -0.05) is 5.16 Å². The van der Waals surface area contributed by atoms with Crippen LogP contribution < -0.4 is 10.5 Å². The normalized spacial score (nSPS) is 13.4. The van der Waals surface area contributed by atoms with Crippen molar-refractivity contribution in [2.24, 2.45) is 0 Å². The molecule has 0 bridgehead atoms. The minimum Gasteiger partial charge on any atom is -0.480 e. The minimum atomic E-state index is -5.08. The van der Waals surface area contributed by atoms with Crippen LogP contribution in [0.5, 0.6) is 0 Å². The van der Waals surface area contributed by atoms with Crippen molar-refractivity contribution in [3.63, 3.8) is 0 Å². The zero-order valence-electron chi connectivity index (χ0n) is 12.9. The fraction of sp³-hybridized carbons (Fsp3) is 0.500. The van der Waals surface area contributed by atoms with Crippen LogP contribution in [0.3, 0.4) is 0 Å². The summed E-state index contributed by atoms with van der Waals surface area (Å²) in [7, 11) is -4.61. The number of carbonyl (C=O) groups is 2. The highest BCUT2D eigenvalue weighted by Crippen LogP contribution is 2.25. The summed E-state index contributed by atoms with van der Waals surface area (Å²) in [6.07, 6.45) is -11.8. The van der Waals surface area contributed by atoms with Gasteiger partial charge in [0.15, 0.2) is 16.5 Å². The Labute approximate surface area is 146 Å². The molecule has 0 saturated carbocycles. The van der Waals surface area contributed by atoms with Gasteiger partial charge in [0.25, 0.3) is 0 Å². The number of carboxylic acids is 2. The van der Waals surface area contributed by atoms with Crippen LogP contribution in [0.25, 0.3) is 0 Å². The SMILES string of the molecule is Cc1onc(N)c1S(=O)(=O)NC(CC(F)(F)F)C(=O)O.O=C(O)C(F)(F)F. The van der Waals surface area contributed by atoms with Crippen molar-refractivity contribution in [2.45, 2.75) is 36.6 Å². The van der Waals surface area contributed by atoms with Crippen LogP contribution in [0.15, 0.2) is 9.42 Å². The molecule has 1 aromatic heterocycles. The van der Waals surface area contributed by atoms with Crippen LogP contribution in [0.4, 0.5) is 32.2 Å². The zero-order valence-corrected chi connectivity index (χ0v) is 13.7. The van der Waals surface area contributed by atoms with Gasteiger partial charge >= 0.3 is 24.3 Å². The molecule has 156 valence electrons. The molecule has 1 atom stereocenters. The Hall–Kier alpha value is -2.56. The van der Waals surface area contributed by atoms with Gasteiger partial charge in [-0.25, -0.2) is 13.2 Å². The number of aryl methyl sites for hydroxylation is 1. The number of anilines is 1. The highest BCUT2D eigenvalue weighted by atomic mass is 32.2. The molecule has 27 heavy (non-hydrogen) atoms. The van der Waals surface area contributed by atoms with Gasteiger partial charge in [-0.3, -0.25) is 4.79 Å². The molecule has 0 amide bonds. The Kier molecular flexibility index (Phi) is 7.62. The van der Waals surface area contributed by atoms with Crippen LogP contribution in [0.1, 0.15) is 12.2 Å². The summed E-state index contributed by atoms with van der Waals surface area (Å²) >= 11 is 0. The Balaban J connectivity index is 0.000000821. The number of hydrogen-bond acceptors (Lipinski definition) is 7. The molecule has 0 aliphatic carbocycles. The molecule has 0 aliphatic rings. The van der Waals surface area contributed by atoms with Gasteiger partial charge in [-0.05, 0) is 6.92 Å². The van der Waals surface area contributed by atoms with Crippen molar-refractivity contribution < 1.29 is 59.1 Å². The van der Waals surface area contributed by atoms with E-state index < -0.39 is 57.5 Å². The molecule has 0 spiro atoms. The van der Waals surface area contributed by atoms with Crippen molar-refractivity contribution >= 4 is 27.8 Å². The fourth-order valence-corrected chi connectivity index (χ4v) is 2.77. The van der Waals surface area contributed by atoms with Crippen molar-refractivity contribution in [3.8, 4) is 0 Å². The fourth-order valence-electron chi connectivity index (χ4n) is 1.36. The summed E-state index contributed by atoms with van der Waals surface area (Å²) in [6, 6.07) is -2.38. The van der Waals surface area contributed by atoms with E-state index in [1.807, 2.05) is 0 Å². The summed E-state index contributed by atoms with van der Waals surface area (Å²) in [5, 5.41) is 18.9. The summed E-state index contributed by atoms with van der Waals surface area (Å²) in [5.74, 6) is -5.58. The van der Waals surface area contributed by atoms with E-state index in [0.717, 1.165) is 6.92 Å². The third kappa shape index (κ3) is 8.11. The van der Waals surface area contributed by atoms with Gasteiger partial charge in [-0.15, -0.1) is 0 Å². The van der Waals surface area contributed by atoms with E-state index >= 15 is 0 Å². The van der Waals surface area contributed by atoms with E-state index in [4.69, 9.17) is 20.7 Å². The Morgan fingerprint density at radius 3 is 1.93 bits per heavy atom. The van der Waals surface area contributed by atoms with Crippen molar-refractivity contribution in [1.82, 2.24) is 9.88 Å². The number of alkyl halides is 6. The zero-order chi connectivity index (χ0) is 21.8.